The molecule has 1 atom stereocenters. The third-order valence-electron chi connectivity index (χ3n) is 3.85. The Morgan fingerprint density at radius 3 is 2.83 bits per heavy atom. The zero-order valence-electron chi connectivity index (χ0n) is 13.7. The van der Waals surface area contributed by atoms with Crippen LogP contribution in [0.25, 0.3) is 0 Å². The number of amides is 1. The van der Waals surface area contributed by atoms with Gasteiger partial charge in [-0.2, -0.15) is 5.10 Å². The normalized spacial score (nSPS) is 19.8. The third kappa shape index (κ3) is 3.59. The van der Waals surface area contributed by atoms with Crippen LogP contribution < -0.4 is 0 Å². The molecule has 3 rings (SSSR count). The van der Waals surface area contributed by atoms with Crippen molar-refractivity contribution >= 4 is 29.1 Å². The molecule has 0 unspecified atom stereocenters. The van der Waals surface area contributed by atoms with Crippen LogP contribution in [0.2, 0.25) is 0 Å². The Morgan fingerprint density at radius 1 is 1.29 bits per heavy atom. The van der Waals surface area contributed by atoms with Crippen molar-refractivity contribution in [3.05, 3.63) is 59.5 Å². The molecule has 1 aliphatic rings. The molecule has 0 N–H and O–H groups in total. The van der Waals surface area contributed by atoms with Gasteiger partial charge in [-0.25, -0.2) is 0 Å². The van der Waals surface area contributed by atoms with Crippen LogP contribution in [0.15, 0.2) is 57.3 Å². The molecule has 124 valence electrons. The van der Waals surface area contributed by atoms with Crippen LogP contribution in [0.3, 0.4) is 0 Å². The Hall–Kier alpha value is -2.34. The number of thioether (sulfide) groups is 1. The summed E-state index contributed by atoms with van der Waals surface area (Å²) in [7, 11) is 0. The molecule has 0 spiro atoms. The van der Waals surface area contributed by atoms with E-state index in [9.17, 15) is 4.79 Å². The van der Waals surface area contributed by atoms with Gasteiger partial charge in [0.05, 0.1) is 24.3 Å². The summed E-state index contributed by atoms with van der Waals surface area (Å²) in [6.07, 6.45) is 3.90. The van der Waals surface area contributed by atoms with Gasteiger partial charge in [0.1, 0.15) is 5.76 Å². The van der Waals surface area contributed by atoms with Crippen LogP contribution >= 0.6 is 11.8 Å². The molecule has 0 radical (unpaired) electrons. The van der Waals surface area contributed by atoms with Gasteiger partial charge in [-0.15, -0.1) is 5.10 Å². The molecule has 0 saturated carbocycles. The van der Waals surface area contributed by atoms with Crippen molar-refractivity contribution in [1.29, 1.82) is 0 Å². The van der Waals surface area contributed by atoms with Crippen molar-refractivity contribution in [2.75, 3.05) is 0 Å². The van der Waals surface area contributed by atoms with Crippen LogP contribution in [-0.2, 0) is 11.3 Å². The monoisotopic (exact) mass is 341 g/mol. The Bertz CT molecular complexity index is 768. The van der Waals surface area contributed by atoms with E-state index in [4.69, 9.17) is 4.42 Å². The number of benzene rings is 1. The Morgan fingerprint density at radius 2 is 2.12 bits per heavy atom. The second kappa shape index (κ2) is 7.49. The maximum atomic E-state index is 12.6. The van der Waals surface area contributed by atoms with Crippen LogP contribution in [0.5, 0.6) is 0 Å². The first kappa shape index (κ1) is 16.5. The van der Waals surface area contributed by atoms with E-state index in [0.717, 1.165) is 17.5 Å². The van der Waals surface area contributed by atoms with E-state index in [0.29, 0.717) is 17.5 Å². The zero-order valence-corrected chi connectivity index (χ0v) is 14.5. The first-order valence-corrected chi connectivity index (χ1v) is 8.74. The van der Waals surface area contributed by atoms with Crippen LogP contribution in [0.1, 0.15) is 30.2 Å². The molecule has 1 amide bonds. The molecular weight excluding hydrogens is 322 g/mol. The lowest BCUT2D eigenvalue weighted by Gasteiger charge is -2.17. The lowest BCUT2D eigenvalue weighted by Crippen LogP contribution is -2.31. The molecule has 2 heterocycles. The maximum Gasteiger partial charge on any atom is 0.242 e. The summed E-state index contributed by atoms with van der Waals surface area (Å²) in [5.41, 5.74) is 2.28. The average Bonchev–Trinajstić information content (AvgIpc) is 3.19. The van der Waals surface area contributed by atoms with Crippen molar-refractivity contribution in [3.8, 4) is 0 Å². The summed E-state index contributed by atoms with van der Waals surface area (Å²) in [5.74, 6) is 0.726. The highest BCUT2D eigenvalue weighted by Crippen LogP contribution is 2.31. The lowest BCUT2D eigenvalue weighted by molar-refractivity contribution is -0.126. The molecule has 1 aromatic carbocycles. The summed E-state index contributed by atoms with van der Waals surface area (Å²) >= 11 is 1.47. The molecule has 1 saturated heterocycles. The highest BCUT2D eigenvalue weighted by Gasteiger charge is 2.37. The van der Waals surface area contributed by atoms with Crippen molar-refractivity contribution in [1.82, 2.24) is 4.90 Å². The standard InChI is InChI=1S/C18H19N3O2S/c1-3-16-17(22)21(12-14-8-5-4-7-13(14)2)18(24-16)20-19-11-15-9-6-10-23-15/h4-11,16H,3,12H2,1-2H3/b19-11-,20-18-/t16-/m1/s1. The minimum absolute atomic E-state index is 0.0911. The van der Waals surface area contributed by atoms with Gasteiger partial charge in [0, 0.05) is 0 Å². The fraction of sp³-hybridized carbons (Fsp3) is 0.278. The summed E-state index contributed by atoms with van der Waals surface area (Å²) in [6.45, 7) is 4.58. The Balaban J connectivity index is 1.82. The number of rotatable bonds is 5. The minimum Gasteiger partial charge on any atom is -0.463 e. The minimum atomic E-state index is -0.0911. The van der Waals surface area contributed by atoms with E-state index < -0.39 is 0 Å². The van der Waals surface area contributed by atoms with Crippen molar-refractivity contribution < 1.29 is 9.21 Å². The third-order valence-corrected chi connectivity index (χ3v) is 5.18. The molecule has 0 bridgehead atoms. The number of aryl methyl sites for hydroxylation is 1. The number of hydrogen-bond donors (Lipinski definition) is 0. The van der Waals surface area contributed by atoms with E-state index in [1.54, 1.807) is 29.5 Å². The predicted octanol–water partition coefficient (Wildman–Crippen LogP) is 3.83. The number of amidine groups is 1. The van der Waals surface area contributed by atoms with E-state index in [2.05, 4.69) is 10.2 Å². The molecule has 6 heteroatoms. The molecule has 1 aliphatic heterocycles. The smallest absolute Gasteiger partial charge is 0.242 e. The molecule has 0 aliphatic carbocycles. The summed E-state index contributed by atoms with van der Waals surface area (Å²) in [4.78, 5) is 14.3. The van der Waals surface area contributed by atoms with E-state index >= 15 is 0 Å². The van der Waals surface area contributed by atoms with Gasteiger partial charge < -0.3 is 4.42 Å². The van der Waals surface area contributed by atoms with Crippen molar-refractivity contribution in [2.24, 2.45) is 10.2 Å². The Kier molecular flexibility index (Phi) is 5.15. The van der Waals surface area contributed by atoms with Gasteiger partial charge in [0.15, 0.2) is 5.17 Å². The van der Waals surface area contributed by atoms with Gasteiger partial charge in [-0.3, -0.25) is 9.69 Å². The first-order valence-electron chi connectivity index (χ1n) is 7.86. The zero-order chi connectivity index (χ0) is 16.9. The fourth-order valence-corrected chi connectivity index (χ4v) is 3.47. The number of furan rings is 1. The second-order valence-corrected chi connectivity index (χ2v) is 6.68. The topological polar surface area (TPSA) is 58.2 Å². The molecule has 1 fully saturated rings. The average molecular weight is 341 g/mol. The number of carbonyl (C=O) groups excluding carboxylic acids is 1. The van der Waals surface area contributed by atoms with Crippen LogP contribution in [0.4, 0.5) is 0 Å². The molecule has 1 aromatic heterocycles. The number of carbonyl (C=O) groups is 1. The van der Waals surface area contributed by atoms with Gasteiger partial charge in [0.25, 0.3) is 0 Å². The van der Waals surface area contributed by atoms with Crippen LogP contribution in [0, 0.1) is 6.92 Å². The van der Waals surface area contributed by atoms with Gasteiger partial charge in [-0.05, 0) is 36.6 Å². The molecule has 2 aromatic rings. The van der Waals surface area contributed by atoms with Gasteiger partial charge >= 0.3 is 0 Å². The lowest BCUT2D eigenvalue weighted by atomic mass is 10.1. The largest absolute Gasteiger partial charge is 0.463 e. The van der Waals surface area contributed by atoms with E-state index in [-0.39, 0.29) is 11.2 Å². The highest BCUT2D eigenvalue weighted by atomic mass is 32.2. The van der Waals surface area contributed by atoms with Crippen molar-refractivity contribution in [2.45, 2.75) is 32.1 Å². The van der Waals surface area contributed by atoms with Gasteiger partial charge in [-0.1, -0.05) is 43.0 Å². The number of hydrogen-bond acceptors (Lipinski definition) is 5. The highest BCUT2D eigenvalue weighted by molar-refractivity contribution is 8.15. The predicted molar refractivity (Wildman–Crippen MR) is 97.1 cm³/mol. The summed E-state index contributed by atoms with van der Waals surface area (Å²) in [6, 6.07) is 11.7. The number of nitrogens with zero attached hydrogens (tertiary/aromatic N) is 3. The van der Waals surface area contributed by atoms with E-state index in [1.807, 2.05) is 38.1 Å². The molecular formula is C18H19N3O2S. The Labute approximate surface area is 145 Å². The second-order valence-electron chi connectivity index (χ2n) is 5.51. The molecule has 5 nitrogen and oxygen atoms in total. The first-order chi connectivity index (χ1) is 11.7. The fourth-order valence-electron chi connectivity index (χ4n) is 2.45. The SMILES string of the molecule is CC[C@H]1S/C(=N\N=C/c2ccco2)N(Cc2ccccc2C)C1=O. The van der Waals surface area contributed by atoms with Gasteiger partial charge in [0.2, 0.25) is 5.91 Å². The van der Waals surface area contributed by atoms with Crippen LogP contribution in [-0.4, -0.2) is 27.4 Å². The summed E-state index contributed by atoms with van der Waals surface area (Å²) < 4.78 is 5.19. The summed E-state index contributed by atoms with van der Waals surface area (Å²) in [5, 5.41) is 8.86. The van der Waals surface area contributed by atoms with Crippen molar-refractivity contribution in [3.63, 3.8) is 0 Å². The van der Waals surface area contributed by atoms with E-state index in [1.165, 1.54) is 11.8 Å². The molecule has 24 heavy (non-hydrogen) atoms. The maximum absolute atomic E-state index is 12.6. The quantitative estimate of drug-likeness (QED) is 0.613.